The molecule has 1 unspecified atom stereocenters. The van der Waals surface area contributed by atoms with Gasteiger partial charge in [-0.15, -0.1) is 0 Å². The number of benzene rings is 1. The summed E-state index contributed by atoms with van der Waals surface area (Å²) in [5, 5.41) is 8.82. The Balaban J connectivity index is 3.02. The lowest BCUT2D eigenvalue weighted by atomic mass is 10.0. The zero-order valence-electron chi connectivity index (χ0n) is 7.95. The Morgan fingerprint density at radius 3 is 2.64 bits per heavy atom. The van der Waals surface area contributed by atoms with Gasteiger partial charge in [0.05, 0.1) is 16.6 Å². The van der Waals surface area contributed by atoms with E-state index in [2.05, 4.69) is 22.6 Å². The van der Waals surface area contributed by atoms with Crippen LogP contribution in [0, 0.1) is 3.57 Å². The van der Waals surface area contributed by atoms with Crippen LogP contribution in [0.1, 0.15) is 18.4 Å². The molecule has 0 saturated carbocycles. The van der Waals surface area contributed by atoms with Crippen molar-refractivity contribution in [2.45, 2.75) is 12.8 Å². The Hall–Kier alpha value is -0.780. The number of aliphatic carboxylic acids is 1. The smallest absolute Gasteiger partial charge is 0.310 e. The maximum Gasteiger partial charge on any atom is 0.310 e. The molecule has 1 aromatic rings. The molecule has 3 nitrogen and oxygen atoms in total. The van der Waals surface area contributed by atoms with Crippen molar-refractivity contribution in [1.82, 2.24) is 0 Å². The Morgan fingerprint density at radius 2 is 2.21 bits per heavy atom. The Bertz CT molecular complexity index is 349. The molecule has 1 aromatic carbocycles. The number of carbonyl (C=O) groups is 1. The summed E-state index contributed by atoms with van der Waals surface area (Å²) in [6, 6.07) is 5.40. The summed E-state index contributed by atoms with van der Waals surface area (Å²) in [5.74, 6) is -0.521. The summed E-state index contributed by atoms with van der Waals surface area (Å²) >= 11 is 2.12. The lowest BCUT2D eigenvalue weighted by Crippen LogP contribution is -2.07. The topological polar surface area (TPSA) is 46.5 Å². The molecule has 76 valence electrons. The monoisotopic (exact) mass is 306 g/mol. The van der Waals surface area contributed by atoms with E-state index < -0.39 is 11.9 Å². The van der Waals surface area contributed by atoms with E-state index in [4.69, 9.17) is 9.84 Å². The van der Waals surface area contributed by atoms with Crippen LogP contribution in [0.3, 0.4) is 0 Å². The Labute approximate surface area is 96.2 Å². The highest BCUT2D eigenvalue weighted by molar-refractivity contribution is 14.1. The SMILES string of the molecule is COc1ccc(C(C)C(=O)O)cc1I. The molecule has 1 rings (SSSR count). The second kappa shape index (κ2) is 4.63. The van der Waals surface area contributed by atoms with Crippen LogP contribution in [0.25, 0.3) is 0 Å². The first-order valence-electron chi connectivity index (χ1n) is 4.12. The van der Waals surface area contributed by atoms with E-state index in [0.29, 0.717) is 0 Å². The minimum atomic E-state index is -0.814. The molecular formula is C10H11IO3. The van der Waals surface area contributed by atoms with Crippen molar-refractivity contribution in [1.29, 1.82) is 0 Å². The first-order valence-corrected chi connectivity index (χ1v) is 5.20. The van der Waals surface area contributed by atoms with Gasteiger partial charge in [0.15, 0.2) is 0 Å². The molecule has 0 aliphatic heterocycles. The zero-order valence-corrected chi connectivity index (χ0v) is 10.1. The average Bonchev–Trinajstić information content (AvgIpc) is 2.16. The molecule has 0 aromatic heterocycles. The molecule has 4 heteroatoms. The number of hydrogen-bond acceptors (Lipinski definition) is 2. The fraction of sp³-hybridized carbons (Fsp3) is 0.300. The number of carboxylic acids is 1. The minimum Gasteiger partial charge on any atom is -0.496 e. The fourth-order valence-electron chi connectivity index (χ4n) is 1.09. The summed E-state index contributed by atoms with van der Waals surface area (Å²) < 4.78 is 6.01. The first kappa shape index (κ1) is 11.3. The predicted octanol–water partition coefficient (Wildman–Crippen LogP) is 2.49. The van der Waals surface area contributed by atoms with Crippen LogP contribution < -0.4 is 4.74 Å². The summed E-state index contributed by atoms with van der Waals surface area (Å²) in [5.41, 5.74) is 0.794. The zero-order chi connectivity index (χ0) is 10.7. The van der Waals surface area contributed by atoms with Gasteiger partial charge in [0, 0.05) is 0 Å². The molecule has 0 fully saturated rings. The lowest BCUT2D eigenvalue weighted by molar-refractivity contribution is -0.138. The van der Waals surface area contributed by atoms with Crippen LogP contribution in [0.2, 0.25) is 0 Å². The normalized spacial score (nSPS) is 12.2. The molecule has 0 aliphatic rings. The number of hydrogen-bond donors (Lipinski definition) is 1. The summed E-state index contributed by atoms with van der Waals surface area (Å²) in [4.78, 5) is 10.7. The van der Waals surface area contributed by atoms with Crippen LogP contribution in [0.5, 0.6) is 5.75 Å². The van der Waals surface area contributed by atoms with Crippen LogP contribution in [-0.2, 0) is 4.79 Å². The average molecular weight is 306 g/mol. The van der Waals surface area contributed by atoms with Gasteiger partial charge in [-0.2, -0.15) is 0 Å². The molecule has 14 heavy (non-hydrogen) atoms. The van der Waals surface area contributed by atoms with E-state index in [-0.39, 0.29) is 0 Å². The van der Waals surface area contributed by atoms with E-state index >= 15 is 0 Å². The maximum absolute atomic E-state index is 10.7. The number of methoxy groups -OCH3 is 1. The molecule has 0 saturated heterocycles. The van der Waals surface area contributed by atoms with E-state index in [0.717, 1.165) is 14.9 Å². The summed E-state index contributed by atoms with van der Waals surface area (Å²) in [6.45, 7) is 1.67. The molecule has 0 radical (unpaired) electrons. The van der Waals surface area contributed by atoms with Crippen molar-refractivity contribution in [2.24, 2.45) is 0 Å². The van der Waals surface area contributed by atoms with Crippen molar-refractivity contribution >= 4 is 28.6 Å². The molecule has 0 bridgehead atoms. The van der Waals surface area contributed by atoms with Crippen LogP contribution >= 0.6 is 22.6 Å². The minimum absolute atomic E-state index is 0.477. The molecular weight excluding hydrogens is 295 g/mol. The number of carboxylic acid groups (broad SMARTS) is 1. The van der Waals surface area contributed by atoms with E-state index in [1.54, 1.807) is 26.2 Å². The van der Waals surface area contributed by atoms with Crippen molar-refractivity contribution in [2.75, 3.05) is 7.11 Å². The van der Waals surface area contributed by atoms with Gasteiger partial charge in [-0.1, -0.05) is 6.07 Å². The first-order chi connectivity index (χ1) is 6.56. The third kappa shape index (κ3) is 2.37. The fourth-order valence-corrected chi connectivity index (χ4v) is 1.85. The van der Waals surface area contributed by atoms with Gasteiger partial charge in [-0.25, -0.2) is 0 Å². The van der Waals surface area contributed by atoms with E-state index in [1.807, 2.05) is 6.07 Å². The van der Waals surface area contributed by atoms with Crippen molar-refractivity contribution in [3.63, 3.8) is 0 Å². The predicted molar refractivity (Wildman–Crippen MR) is 61.8 cm³/mol. The molecule has 1 atom stereocenters. The Morgan fingerprint density at radius 1 is 1.57 bits per heavy atom. The number of halogens is 1. The molecule has 0 amide bonds. The number of rotatable bonds is 3. The van der Waals surface area contributed by atoms with Crippen LogP contribution in [0.4, 0.5) is 0 Å². The third-order valence-electron chi connectivity index (χ3n) is 2.05. The maximum atomic E-state index is 10.7. The van der Waals surface area contributed by atoms with Gasteiger partial charge in [-0.3, -0.25) is 4.79 Å². The van der Waals surface area contributed by atoms with Crippen molar-refractivity contribution < 1.29 is 14.6 Å². The van der Waals surface area contributed by atoms with Gasteiger partial charge in [0.25, 0.3) is 0 Å². The van der Waals surface area contributed by atoms with Gasteiger partial charge >= 0.3 is 5.97 Å². The lowest BCUT2D eigenvalue weighted by Gasteiger charge is -2.09. The Kier molecular flexibility index (Phi) is 3.74. The largest absolute Gasteiger partial charge is 0.496 e. The molecule has 0 aliphatic carbocycles. The second-order valence-electron chi connectivity index (χ2n) is 2.95. The van der Waals surface area contributed by atoms with Gasteiger partial charge in [-0.05, 0) is 47.2 Å². The molecule has 0 heterocycles. The van der Waals surface area contributed by atoms with Crippen molar-refractivity contribution in [3.8, 4) is 5.75 Å². The highest BCUT2D eigenvalue weighted by Gasteiger charge is 2.14. The number of ether oxygens (including phenoxy) is 1. The van der Waals surface area contributed by atoms with Crippen molar-refractivity contribution in [3.05, 3.63) is 27.3 Å². The quantitative estimate of drug-likeness (QED) is 0.873. The summed E-state index contributed by atoms with van der Waals surface area (Å²) in [6.07, 6.45) is 0. The van der Waals surface area contributed by atoms with Crippen LogP contribution in [0.15, 0.2) is 18.2 Å². The van der Waals surface area contributed by atoms with E-state index in [9.17, 15) is 4.79 Å². The third-order valence-corrected chi connectivity index (χ3v) is 2.89. The second-order valence-corrected chi connectivity index (χ2v) is 4.12. The van der Waals surface area contributed by atoms with Gasteiger partial charge in [0.2, 0.25) is 0 Å². The van der Waals surface area contributed by atoms with Gasteiger partial charge in [0.1, 0.15) is 5.75 Å². The van der Waals surface area contributed by atoms with Gasteiger partial charge < -0.3 is 9.84 Å². The molecule has 0 spiro atoms. The van der Waals surface area contributed by atoms with Crippen LogP contribution in [-0.4, -0.2) is 18.2 Å². The molecule has 1 N–H and O–H groups in total. The highest BCUT2D eigenvalue weighted by Crippen LogP contribution is 2.25. The highest BCUT2D eigenvalue weighted by atomic mass is 127. The standard InChI is InChI=1S/C10H11IO3/c1-6(10(12)13)7-3-4-9(14-2)8(11)5-7/h3-6H,1-2H3,(H,12,13). The van der Waals surface area contributed by atoms with E-state index in [1.165, 1.54) is 0 Å². The summed E-state index contributed by atoms with van der Waals surface area (Å²) in [7, 11) is 1.60.